The van der Waals surface area contributed by atoms with Gasteiger partial charge in [0.15, 0.2) is 0 Å². The molecule has 0 amide bonds. The molecule has 1 aromatic rings. The summed E-state index contributed by atoms with van der Waals surface area (Å²) in [6.07, 6.45) is 0. The molecule has 10 heavy (non-hydrogen) atoms. The van der Waals surface area contributed by atoms with Crippen molar-refractivity contribution in [1.82, 2.24) is 0 Å². The van der Waals surface area contributed by atoms with E-state index in [1.165, 1.54) is 0 Å². The van der Waals surface area contributed by atoms with E-state index in [0.29, 0.717) is 0 Å². The van der Waals surface area contributed by atoms with Crippen LogP contribution in [0.1, 0.15) is 0 Å². The Morgan fingerprint density at radius 3 is 1.50 bits per heavy atom. The Balaban J connectivity index is 0. The molecule has 1 rings (SSSR count). The van der Waals surface area contributed by atoms with Crippen molar-refractivity contribution in [3.05, 3.63) is 41.7 Å². The van der Waals surface area contributed by atoms with Gasteiger partial charge in [0, 0.05) is 0 Å². The zero-order valence-electron chi connectivity index (χ0n) is 6.54. The molecule has 0 aliphatic heterocycles. The minimum Gasteiger partial charge on any atom is -0.668 e. The van der Waals surface area contributed by atoms with E-state index in [-0.39, 0.29) is 19.5 Å². The maximum atomic E-state index is 3.50. The van der Waals surface area contributed by atoms with Crippen LogP contribution < -0.4 is 0 Å². The molecule has 0 radical (unpaired) electrons. The Kier molecular flexibility index (Phi) is 14.5. The molecule has 50 valence electrons. The van der Waals surface area contributed by atoms with E-state index >= 15 is 0 Å². The van der Waals surface area contributed by atoms with Crippen molar-refractivity contribution in [3.63, 3.8) is 0 Å². The van der Waals surface area contributed by atoms with E-state index in [9.17, 15) is 0 Å². The number of hydrogen-bond acceptors (Lipinski definition) is 0. The molecule has 2 heteroatoms. The maximum absolute atomic E-state index is 3.50. The summed E-state index contributed by atoms with van der Waals surface area (Å²) in [5.74, 6) is 0. The van der Waals surface area contributed by atoms with Crippen molar-refractivity contribution in [2.75, 3.05) is 14.1 Å². The summed E-state index contributed by atoms with van der Waals surface area (Å²) in [6.45, 7) is 0. The van der Waals surface area contributed by atoms with Crippen molar-refractivity contribution < 1.29 is 19.5 Å². The van der Waals surface area contributed by atoms with Crippen LogP contribution >= 0.6 is 0 Å². The molecule has 0 atom stereocenters. The van der Waals surface area contributed by atoms with Gasteiger partial charge in [-0.3, -0.25) is 0 Å². The molecule has 0 aliphatic carbocycles. The van der Waals surface area contributed by atoms with Gasteiger partial charge >= 0.3 is 19.5 Å². The molecule has 1 nitrogen and oxygen atoms in total. The molecular formula is C8H11NZn. The van der Waals surface area contributed by atoms with Crippen LogP contribution in [-0.4, -0.2) is 14.1 Å². The van der Waals surface area contributed by atoms with Gasteiger partial charge < -0.3 is 5.32 Å². The SMILES string of the molecule is C[N-]C.[Zn+2].[c-]1ccccc1. The van der Waals surface area contributed by atoms with Crippen LogP contribution in [0.3, 0.4) is 0 Å². The topological polar surface area (TPSA) is 14.1 Å². The van der Waals surface area contributed by atoms with Gasteiger partial charge in [-0.1, -0.05) is 0 Å². The van der Waals surface area contributed by atoms with E-state index in [0.717, 1.165) is 0 Å². The van der Waals surface area contributed by atoms with E-state index in [1.807, 2.05) is 30.3 Å². The summed E-state index contributed by atoms with van der Waals surface area (Å²) in [4.78, 5) is 0. The number of rotatable bonds is 0. The molecule has 0 bridgehead atoms. The number of benzene rings is 1. The fourth-order valence-corrected chi connectivity index (χ4v) is 0.342. The molecule has 0 aromatic heterocycles. The number of hydrogen-bond donors (Lipinski definition) is 0. The molecule has 0 saturated carbocycles. The molecule has 0 spiro atoms. The summed E-state index contributed by atoms with van der Waals surface area (Å²) in [5, 5.41) is 3.50. The zero-order valence-corrected chi connectivity index (χ0v) is 9.51. The zero-order chi connectivity index (χ0) is 6.95. The average molecular weight is 187 g/mol. The van der Waals surface area contributed by atoms with Gasteiger partial charge in [0.25, 0.3) is 0 Å². The van der Waals surface area contributed by atoms with Crippen LogP contribution in [0, 0.1) is 6.07 Å². The first-order chi connectivity index (χ1) is 4.41. The Hall–Kier alpha value is -0.197. The van der Waals surface area contributed by atoms with Gasteiger partial charge in [0.2, 0.25) is 0 Å². The molecule has 0 heterocycles. The van der Waals surface area contributed by atoms with Crippen LogP contribution in [-0.2, 0) is 19.5 Å². The standard InChI is InChI=1S/C6H5.C2H6N.Zn/c1-2-4-6-5-3-1;1-3-2;/h1-5H;1-2H3;/q2*-1;+2. The van der Waals surface area contributed by atoms with Crippen LogP contribution in [0.5, 0.6) is 0 Å². The van der Waals surface area contributed by atoms with E-state index in [2.05, 4.69) is 11.4 Å². The van der Waals surface area contributed by atoms with Crippen molar-refractivity contribution in [3.8, 4) is 0 Å². The first kappa shape index (κ1) is 12.5. The Bertz CT molecular complexity index is 92.1. The quantitative estimate of drug-likeness (QED) is 0.435. The largest absolute Gasteiger partial charge is 2.00 e. The van der Waals surface area contributed by atoms with Crippen LogP contribution in [0.2, 0.25) is 0 Å². The Labute approximate surface area is 75.6 Å². The molecule has 0 fully saturated rings. The minimum absolute atomic E-state index is 0. The molecule has 1 aromatic carbocycles. The molecule has 0 saturated heterocycles. The molecule has 0 N–H and O–H groups in total. The minimum atomic E-state index is 0. The smallest absolute Gasteiger partial charge is 0.668 e. The van der Waals surface area contributed by atoms with Crippen LogP contribution in [0.4, 0.5) is 0 Å². The average Bonchev–Trinajstić information content (AvgIpc) is 1.93. The predicted molar refractivity (Wildman–Crippen MR) is 40.5 cm³/mol. The number of nitrogens with zero attached hydrogens (tertiary/aromatic N) is 1. The van der Waals surface area contributed by atoms with Crippen molar-refractivity contribution in [1.29, 1.82) is 0 Å². The van der Waals surface area contributed by atoms with E-state index in [4.69, 9.17) is 0 Å². The van der Waals surface area contributed by atoms with Crippen molar-refractivity contribution >= 4 is 0 Å². The van der Waals surface area contributed by atoms with Gasteiger partial charge in [-0.2, -0.15) is 50.5 Å². The monoisotopic (exact) mass is 185 g/mol. The third-order valence-electron chi connectivity index (χ3n) is 0.607. The van der Waals surface area contributed by atoms with Crippen molar-refractivity contribution in [2.45, 2.75) is 0 Å². The molecule has 0 unspecified atom stereocenters. The van der Waals surface area contributed by atoms with E-state index in [1.54, 1.807) is 14.1 Å². The first-order valence-electron chi connectivity index (χ1n) is 2.81. The summed E-state index contributed by atoms with van der Waals surface area (Å²) >= 11 is 0. The fraction of sp³-hybridized carbons (Fsp3) is 0.250. The normalized spacial score (nSPS) is 6.60. The first-order valence-corrected chi connectivity index (χ1v) is 2.81. The van der Waals surface area contributed by atoms with Gasteiger partial charge in [-0.15, -0.1) is 0 Å². The van der Waals surface area contributed by atoms with Gasteiger partial charge in [0.1, 0.15) is 0 Å². The Morgan fingerprint density at radius 2 is 1.40 bits per heavy atom. The molecule has 0 aliphatic rings. The fourth-order valence-electron chi connectivity index (χ4n) is 0.342. The predicted octanol–water partition coefficient (Wildman–Crippen LogP) is 2.10. The van der Waals surface area contributed by atoms with E-state index < -0.39 is 0 Å². The third-order valence-corrected chi connectivity index (χ3v) is 0.607. The van der Waals surface area contributed by atoms with Gasteiger partial charge in [0.05, 0.1) is 0 Å². The van der Waals surface area contributed by atoms with Crippen molar-refractivity contribution in [2.24, 2.45) is 0 Å². The summed E-state index contributed by atoms with van der Waals surface area (Å²) in [5.41, 5.74) is 0. The second-order valence-corrected chi connectivity index (χ2v) is 1.52. The van der Waals surface area contributed by atoms with Gasteiger partial charge in [-0.05, 0) is 0 Å². The second-order valence-electron chi connectivity index (χ2n) is 1.52. The van der Waals surface area contributed by atoms with Gasteiger partial charge in [-0.25, -0.2) is 0 Å². The molecular weight excluding hydrogens is 175 g/mol. The third kappa shape index (κ3) is 10.7. The summed E-state index contributed by atoms with van der Waals surface area (Å²) in [7, 11) is 3.50. The maximum Gasteiger partial charge on any atom is 2.00 e. The van der Waals surface area contributed by atoms with Crippen LogP contribution in [0.15, 0.2) is 30.3 Å². The Morgan fingerprint density at radius 1 is 1.00 bits per heavy atom. The second kappa shape index (κ2) is 11.6. The van der Waals surface area contributed by atoms with Crippen LogP contribution in [0.25, 0.3) is 5.32 Å². The summed E-state index contributed by atoms with van der Waals surface area (Å²) in [6, 6.07) is 12.5. The summed E-state index contributed by atoms with van der Waals surface area (Å²) < 4.78 is 0.